The molecule has 104 valence electrons. The number of benzene rings is 2. The van der Waals surface area contributed by atoms with Crippen molar-refractivity contribution in [1.82, 2.24) is 4.90 Å². The smallest absolute Gasteiger partial charge is 0.253 e. The van der Waals surface area contributed by atoms with Gasteiger partial charge in [-0.05, 0) is 41.8 Å². The maximum absolute atomic E-state index is 12.1. The topological polar surface area (TPSA) is 46.3 Å². The fourth-order valence-electron chi connectivity index (χ4n) is 2.14. The molecule has 2 aromatic rings. The minimum Gasteiger partial charge on any atom is -0.399 e. The Bertz CT molecular complexity index is 573. The third kappa shape index (κ3) is 3.18. The molecule has 0 unspecified atom stereocenters. The van der Waals surface area contributed by atoms with Crippen molar-refractivity contribution in [1.29, 1.82) is 0 Å². The van der Waals surface area contributed by atoms with Crippen molar-refractivity contribution in [3.05, 3.63) is 54.1 Å². The van der Waals surface area contributed by atoms with Crippen LogP contribution in [0.1, 0.15) is 23.7 Å². The van der Waals surface area contributed by atoms with Gasteiger partial charge in [0.1, 0.15) is 0 Å². The summed E-state index contributed by atoms with van der Waals surface area (Å²) in [5.74, 6) is 0.0655. The Labute approximate surface area is 120 Å². The lowest BCUT2D eigenvalue weighted by Gasteiger charge is -2.16. The van der Waals surface area contributed by atoms with Crippen molar-refractivity contribution in [2.45, 2.75) is 13.3 Å². The summed E-state index contributed by atoms with van der Waals surface area (Å²) < 4.78 is 0. The summed E-state index contributed by atoms with van der Waals surface area (Å²) in [6, 6.07) is 15.4. The van der Waals surface area contributed by atoms with Crippen molar-refractivity contribution in [2.75, 3.05) is 19.3 Å². The summed E-state index contributed by atoms with van der Waals surface area (Å²) in [7, 11) is 1.83. The van der Waals surface area contributed by atoms with Crippen LogP contribution in [0.2, 0.25) is 0 Å². The van der Waals surface area contributed by atoms with Gasteiger partial charge in [0.15, 0.2) is 0 Å². The lowest BCUT2D eigenvalue weighted by molar-refractivity contribution is 0.0795. The summed E-state index contributed by atoms with van der Waals surface area (Å²) in [5.41, 5.74) is 9.33. The molecule has 2 N–H and O–H groups in total. The molecule has 0 aromatic heterocycles. The normalized spacial score (nSPS) is 10.3. The van der Waals surface area contributed by atoms with E-state index in [2.05, 4.69) is 6.92 Å². The van der Waals surface area contributed by atoms with Gasteiger partial charge in [-0.15, -0.1) is 0 Å². The minimum atomic E-state index is 0.0655. The third-order valence-corrected chi connectivity index (χ3v) is 3.28. The summed E-state index contributed by atoms with van der Waals surface area (Å²) >= 11 is 0. The van der Waals surface area contributed by atoms with Crippen molar-refractivity contribution in [3.63, 3.8) is 0 Å². The number of carbonyl (C=O) groups excluding carboxylic acids is 1. The highest BCUT2D eigenvalue weighted by Crippen LogP contribution is 2.21. The Kier molecular flexibility index (Phi) is 4.41. The van der Waals surface area contributed by atoms with Crippen LogP contribution in [0.5, 0.6) is 0 Å². The van der Waals surface area contributed by atoms with E-state index in [1.54, 1.807) is 4.90 Å². The summed E-state index contributed by atoms with van der Waals surface area (Å²) in [6.45, 7) is 2.84. The third-order valence-electron chi connectivity index (χ3n) is 3.28. The molecule has 2 rings (SSSR count). The van der Waals surface area contributed by atoms with Gasteiger partial charge in [0, 0.05) is 24.8 Å². The quantitative estimate of drug-likeness (QED) is 0.864. The highest BCUT2D eigenvalue weighted by molar-refractivity contribution is 5.94. The molecule has 1 amide bonds. The van der Waals surface area contributed by atoms with Crippen LogP contribution in [-0.4, -0.2) is 24.4 Å². The molecule has 0 fully saturated rings. The average molecular weight is 268 g/mol. The van der Waals surface area contributed by atoms with E-state index < -0.39 is 0 Å². The van der Waals surface area contributed by atoms with Crippen LogP contribution >= 0.6 is 0 Å². The second-order valence-electron chi connectivity index (χ2n) is 4.93. The molecule has 2 aromatic carbocycles. The molecule has 0 aliphatic rings. The fraction of sp³-hybridized carbons (Fsp3) is 0.235. The zero-order valence-electron chi connectivity index (χ0n) is 12.0. The maximum Gasteiger partial charge on any atom is 0.253 e. The number of hydrogen-bond acceptors (Lipinski definition) is 2. The van der Waals surface area contributed by atoms with Gasteiger partial charge in [-0.2, -0.15) is 0 Å². The molecule has 0 saturated carbocycles. The number of nitrogen functional groups attached to an aromatic ring is 1. The lowest BCUT2D eigenvalue weighted by atomic mass is 10.0. The molecule has 0 saturated heterocycles. The van der Waals surface area contributed by atoms with Gasteiger partial charge in [0.2, 0.25) is 0 Å². The van der Waals surface area contributed by atoms with Gasteiger partial charge < -0.3 is 10.6 Å². The first-order valence-electron chi connectivity index (χ1n) is 6.83. The summed E-state index contributed by atoms with van der Waals surface area (Å²) in [4.78, 5) is 13.9. The second-order valence-corrected chi connectivity index (χ2v) is 4.93. The highest BCUT2D eigenvalue weighted by atomic mass is 16.2. The van der Waals surface area contributed by atoms with E-state index in [4.69, 9.17) is 5.73 Å². The Morgan fingerprint density at radius 3 is 2.00 bits per heavy atom. The zero-order valence-corrected chi connectivity index (χ0v) is 12.0. The van der Waals surface area contributed by atoms with Gasteiger partial charge in [-0.3, -0.25) is 4.79 Å². The second kappa shape index (κ2) is 6.24. The molecule has 0 radical (unpaired) electrons. The molecule has 0 atom stereocenters. The van der Waals surface area contributed by atoms with Crippen LogP contribution in [0.25, 0.3) is 11.1 Å². The van der Waals surface area contributed by atoms with E-state index in [0.717, 1.165) is 35.3 Å². The number of anilines is 1. The minimum absolute atomic E-state index is 0.0655. The molecule has 3 nitrogen and oxygen atoms in total. The Morgan fingerprint density at radius 2 is 1.50 bits per heavy atom. The Morgan fingerprint density at radius 1 is 1.00 bits per heavy atom. The molecule has 0 heterocycles. The fourth-order valence-corrected chi connectivity index (χ4v) is 2.14. The predicted molar refractivity (Wildman–Crippen MR) is 83.5 cm³/mol. The van der Waals surface area contributed by atoms with E-state index in [1.807, 2.05) is 55.6 Å². The Balaban J connectivity index is 2.18. The number of hydrogen-bond donors (Lipinski definition) is 1. The molecule has 20 heavy (non-hydrogen) atoms. The number of rotatable bonds is 4. The zero-order chi connectivity index (χ0) is 14.5. The van der Waals surface area contributed by atoms with Gasteiger partial charge >= 0.3 is 0 Å². The standard InChI is InChI=1S/C17H20N2O/c1-3-12-19(2)17(20)15-6-4-13(5-7-15)14-8-10-16(18)11-9-14/h4-11H,3,12,18H2,1-2H3. The lowest BCUT2D eigenvalue weighted by Crippen LogP contribution is -2.27. The van der Waals surface area contributed by atoms with Crippen molar-refractivity contribution in [3.8, 4) is 11.1 Å². The van der Waals surface area contributed by atoms with Crippen molar-refractivity contribution >= 4 is 11.6 Å². The largest absolute Gasteiger partial charge is 0.399 e. The van der Waals surface area contributed by atoms with Crippen LogP contribution in [0.15, 0.2) is 48.5 Å². The van der Waals surface area contributed by atoms with Crippen LogP contribution < -0.4 is 5.73 Å². The molecule has 3 heteroatoms. The number of nitrogens with two attached hydrogens (primary N) is 1. The summed E-state index contributed by atoms with van der Waals surface area (Å²) in [6.07, 6.45) is 0.964. The maximum atomic E-state index is 12.1. The first kappa shape index (κ1) is 14.1. The highest BCUT2D eigenvalue weighted by Gasteiger charge is 2.10. The molecule has 0 aliphatic heterocycles. The number of carbonyl (C=O) groups is 1. The number of nitrogens with zero attached hydrogens (tertiary/aromatic N) is 1. The molecule has 0 spiro atoms. The van der Waals surface area contributed by atoms with Gasteiger partial charge in [-0.25, -0.2) is 0 Å². The van der Waals surface area contributed by atoms with E-state index in [9.17, 15) is 4.79 Å². The molecular formula is C17H20N2O. The van der Waals surface area contributed by atoms with E-state index in [-0.39, 0.29) is 5.91 Å². The molecular weight excluding hydrogens is 248 g/mol. The SMILES string of the molecule is CCCN(C)C(=O)c1ccc(-c2ccc(N)cc2)cc1. The monoisotopic (exact) mass is 268 g/mol. The van der Waals surface area contributed by atoms with E-state index in [0.29, 0.717) is 0 Å². The van der Waals surface area contributed by atoms with E-state index in [1.165, 1.54) is 0 Å². The average Bonchev–Trinajstić information content (AvgIpc) is 2.48. The van der Waals surface area contributed by atoms with Crippen LogP contribution in [0, 0.1) is 0 Å². The molecule has 0 bridgehead atoms. The van der Waals surface area contributed by atoms with Gasteiger partial charge in [0.05, 0.1) is 0 Å². The number of amides is 1. The first-order chi connectivity index (χ1) is 9.61. The Hall–Kier alpha value is -2.29. The van der Waals surface area contributed by atoms with Crippen molar-refractivity contribution < 1.29 is 4.79 Å². The summed E-state index contributed by atoms with van der Waals surface area (Å²) in [5, 5.41) is 0. The van der Waals surface area contributed by atoms with E-state index >= 15 is 0 Å². The van der Waals surface area contributed by atoms with Crippen LogP contribution in [0.4, 0.5) is 5.69 Å². The van der Waals surface area contributed by atoms with Crippen LogP contribution in [-0.2, 0) is 0 Å². The van der Waals surface area contributed by atoms with Crippen molar-refractivity contribution in [2.24, 2.45) is 0 Å². The van der Waals surface area contributed by atoms with Crippen LogP contribution in [0.3, 0.4) is 0 Å². The molecule has 0 aliphatic carbocycles. The predicted octanol–water partition coefficient (Wildman–Crippen LogP) is 3.42. The van der Waals surface area contributed by atoms with Gasteiger partial charge in [-0.1, -0.05) is 31.2 Å². The first-order valence-corrected chi connectivity index (χ1v) is 6.83. The van der Waals surface area contributed by atoms with Gasteiger partial charge in [0.25, 0.3) is 5.91 Å².